The zero-order valence-corrected chi connectivity index (χ0v) is 16.3. The molecule has 0 unspecified atom stereocenters. The SMILES string of the molecule is CC(=O)O.CCCC[PH](CCCC)(CCCC)CCCC. The molecule has 3 heteroatoms. The van der Waals surface area contributed by atoms with Crippen LogP contribution in [-0.4, -0.2) is 35.7 Å². The van der Waals surface area contributed by atoms with E-state index in [1.54, 1.807) is 24.6 Å². The molecule has 0 radical (unpaired) electrons. The number of carboxylic acid groups (broad SMARTS) is 1. The minimum atomic E-state index is -0.879. The molecule has 0 aromatic rings. The van der Waals surface area contributed by atoms with Gasteiger partial charge in [-0.15, -0.1) is 0 Å². The van der Waals surface area contributed by atoms with Crippen LogP contribution in [0.5, 0.6) is 0 Å². The number of unbranched alkanes of at least 4 members (excludes halogenated alkanes) is 4. The Morgan fingerprint density at radius 3 is 1.05 bits per heavy atom. The zero-order chi connectivity index (χ0) is 16.6. The Kier molecular flexibility index (Phi) is 18.0. The van der Waals surface area contributed by atoms with E-state index in [0.717, 1.165) is 6.92 Å². The number of rotatable bonds is 12. The molecule has 0 spiro atoms. The molecule has 0 atom stereocenters. The van der Waals surface area contributed by atoms with E-state index < -0.39 is 13.2 Å². The molecule has 0 aromatic heterocycles. The second kappa shape index (κ2) is 16.3. The molecule has 0 aliphatic carbocycles. The van der Waals surface area contributed by atoms with E-state index in [2.05, 4.69) is 27.7 Å². The van der Waals surface area contributed by atoms with Gasteiger partial charge in [-0.2, -0.15) is 0 Å². The average Bonchev–Trinajstić information content (AvgIpc) is 2.45. The first-order chi connectivity index (χ1) is 9.97. The fourth-order valence-corrected chi connectivity index (χ4v) is 8.87. The molecule has 0 bridgehead atoms. The Morgan fingerprint density at radius 1 is 0.714 bits per heavy atom. The molecule has 2 nitrogen and oxygen atoms in total. The first-order valence-corrected chi connectivity index (χ1v) is 12.0. The van der Waals surface area contributed by atoms with E-state index in [1.165, 1.54) is 51.4 Å². The van der Waals surface area contributed by atoms with Crippen molar-refractivity contribution in [3.8, 4) is 0 Å². The molecule has 1 N–H and O–H groups in total. The molecule has 0 saturated heterocycles. The number of aliphatic carboxylic acids is 1. The van der Waals surface area contributed by atoms with Gasteiger partial charge < -0.3 is 5.11 Å². The molecule has 0 saturated carbocycles. The van der Waals surface area contributed by atoms with Crippen LogP contribution in [0.25, 0.3) is 0 Å². The van der Waals surface area contributed by atoms with Crippen LogP contribution in [0.2, 0.25) is 0 Å². The monoisotopic (exact) mass is 320 g/mol. The van der Waals surface area contributed by atoms with Gasteiger partial charge in [0.05, 0.1) is 0 Å². The Labute approximate surface area is 134 Å². The Balaban J connectivity index is 0. The van der Waals surface area contributed by atoms with Gasteiger partial charge in [-0.25, -0.2) is 0 Å². The molecule has 130 valence electrons. The van der Waals surface area contributed by atoms with Gasteiger partial charge in [-0.3, -0.25) is 4.79 Å². The van der Waals surface area contributed by atoms with E-state index in [1.807, 2.05) is 0 Å². The van der Waals surface area contributed by atoms with Crippen molar-refractivity contribution in [3.05, 3.63) is 0 Å². The first kappa shape index (κ1) is 23.2. The summed E-state index contributed by atoms with van der Waals surface area (Å²) in [5.74, 6) is -0.833. The zero-order valence-electron chi connectivity index (χ0n) is 15.3. The van der Waals surface area contributed by atoms with E-state index in [0.29, 0.717) is 0 Å². The predicted molar refractivity (Wildman–Crippen MR) is 101 cm³/mol. The summed E-state index contributed by atoms with van der Waals surface area (Å²) in [7, 11) is -0.879. The summed E-state index contributed by atoms with van der Waals surface area (Å²) in [5, 5.41) is 7.42. The van der Waals surface area contributed by atoms with Crippen molar-refractivity contribution in [2.24, 2.45) is 0 Å². The molecule has 21 heavy (non-hydrogen) atoms. The summed E-state index contributed by atoms with van der Waals surface area (Å²) in [6, 6.07) is 0. The van der Waals surface area contributed by atoms with Crippen molar-refractivity contribution < 1.29 is 9.90 Å². The molecular weight excluding hydrogens is 279 g/mol. The van der Waals surface area contributed by atoms with Gasteiger partial charge in [0.1, 0.15) is 0 Å². The Hall–Kier alpha value is -0.100. The maximum absolute atomic E-state index is 9.00. The molecule has 0 heterocycles. The van der Waals surface area contributed by atoms with Crippen LogP contribution in [0.15, 0.2) is 0 Å². The van der Waals surface area contributed by atoms with Gasteiger partial charge in [0, 0.05) is 6.92 Å². The summed E-state index contributed by atoms with van der Waals surface area (Å²) in [5.41, 5.74) is 0. The van der Waals surface area contributed by atoms with E-state index in [-0.39, 0.29) is 0 Å². The summed E-state index contributed by atoms with van der Waals surface area (Å²) < 4.78 is 0. The third-order valence-electron chi connectivity index (χ3n) is 4.24. The van der Waals surface area contributed by atoms with E-state index in [9.17, 15) is 0 Å². The molecule has 0 aliphatic heterocycles. The van der Waals surface area contributed by atoms with Crippen LogP contribution in [0.3, 0.4) is 0 Å². The van der Waals surface area contributed by atoms with Gasteiger partial charge in [0.2, 0.25) is 0 Å². The molecular formula is C18H41O2P. The standard InChI is InChI=1S/C16H37P.C2H4O2/c1-5-9-13-17(14-10-6-2,15-11-7-3)16-12-8-4;1-2(3)4/h17H,5-16H2,1-4H3;1H3,(H,3,4). The van der Waals surface area contributed by atoms with E-state index >= 15 is 0 Å². The number of hydrogen-bond acceptors (Lipinski definition) is 1. The van der Waals surface area contributed by atoms with Crippen molar-refractivity contribution in [1.82, 2.24) is 0 Å². The Bertz CT molecular complexity index is 188. The Morgan fingerprint density at radius 2 is 0.905 bits per heavy atom. The van der Waals surface area contributed by atoms with Crippen LogP contribution >= 0.6 is 7.26 Å². The van der Waals surface area contributed by atoms with Gasteiger partial charge in [-0.05, 0) is 0 Å². The van der Waals surface area contributed by atoms with Crippen LogP contribution in [-0.2, 0) is 4.79 Å². The second-order valence-corrected chi connectivity index (χ2v) is 11.4. The van der Waals surface area contributed by atoms with Crippen molar-refractivity contribution >= 4 is 13.2 Å². The van der Waals surface area contributed by atoms with Crippen molar-refractivity contribution in [1.29, 1.82) is 0 Å². The summed E-state index contributed by atoms with van der Waals surface area (Å²) in [6.45, 7) is 10.5. The fraction of sp³-hybridized carbons (Fsp3) is 0.944. The molecule has 0 fully saturated rings. The van der Waals surface area contributed by atoms with Crippen molar-refractivity contribution in [2.45, 2.75) is 86.0 Å². The van der Waals surface area contributed by atoms with Crippen molar-refractivity contribution in [2.75, 3.05) is 24.6 Å². The normalized spacial score (nSPS) is 11.7. The average molecular weight is 320 g/mol. The number of carbonyl (C=O) groups is 1. The second-order valence-electron chi connectivity index (χ2n) is 6.43. The fourth-order valence-electron chi connectivity index (χ4n) is 2.96. The quantitative estimate of drug-likeness (QED) is 0.446. The number of hydrogen-bond donors (Lipinski definition) is 1. The summed E-state index contributed by atoms with van der Waals surface area (Å²) in [6.07, 6.45) is 18.1. The topological polar surface area (TPSA) is 37.3 Å². The van der Waals surface area contributed by atoms with Gasteiger partial charge >= 0.3 is 111 Å². The third-order valence-corrected chi connectivity index (χ3v) is 9.90. The first-order valence-electron chi connectivity index (χ1n) is 9.17. The molecule has 0 rings (SSSR count). The third kappa shape index (κ3) is 16.1. The summed E-state index contributed by atoms with van der Waals surface area (Å²) >= 11 is 0. The molecule has 0 aliphatic rings. The van der Waals surface area contributed by atoms with Gasteiger partial charge in [0.15, 0.2) is 0 Å². The van der Waals surface area contributed by atoms with Crippen LogP contribution in [0.4, 0.5) is 0 Å². The minimum absolute atomic E-state index is 0.833. The molecule has 0 aromatic carbocycles. The van der Waals surface area contributed by atoms with Gasteiger partial charge in [0.25, 0.3) is 5.97 Å². The van der Waals surface area contributed by atoms with Crippen molar-refractivity contribution in [3.63, 3.8) is 0 Å². The predicted octanol–water partition coefficient (Wildman–Crippen LogP) is 6.03. The van der Waals surface area contributed by atoms with Crippen LogP contribution in [0, 0.1) is 0 Å². The number of carboxylic acids is 1. The van der Waals surface area contributed by atoms with Crippen LogP contribution in [0.1, 0.15) is 86.0 Å². The van der Waals surface area contributed by atoms with E-state index in [4.69, 9.17) is 9.90 Å². The molecule has 0 amide bonds. The summed E-state index contributed by atoms with van der Waals surface area (Å²) in [4.78, 5) is 9.00. The van der Waals surface area contributed by atoms with Crippen LogP contribution < -0.4 is 0 Å². The maximum atomic E-state index is 9.00. The van der Waals surface area contributed by atoms with Gasteiger partial charge in [-0.1, -0.05) is 0 Å².